The van der Waals surface area contributed by atoms with Crippen molar-refractivity contribution < 1.29 is 9.13 Å². The summed E-state index contributed by atoms with van der Waals surface area (Å²) < 4.78 is 21.7. The van der Waals surface area contributed by atoms with Gasteiger partial charge in [0.15, 0.2) is 0 Å². The Bertz CT molecular complexity index is 625. The Kier molecular flexibility index (Phi) is 4.45. The first-order valence-corrected chi connectivity index (χ1v) is 7.05. The van der Waals surface area contributed by atoms with Gasteiger partial charge in [0, 0.05) is 24.7 Å². The zero-order valence-electron chi connectivity index (χ0n) is 11.7. The lowest BCUT2D eigenvalue weighted by molar-refractivity contribution is 0.288. The molecule has 0 saturated heterocycles. The normalized spacial score (nSPS) is 12.5. The second-order valence-electron chi connectivity index (χ2n) is 4.73. The third kappa shape index (κ3) is 3.02. The fraction of sp³-hybridized carbons (Fsp3) is 0.357. The molecule has 0 fully saturated rings. The van der Waals surface area contributed by atoms with Crippen molar-refractivity contribution >= 4 is 15.9 Å². The van der Waals surface area contributed by atoms with E-state index in [1.807, 2.05) is 20.9 Å². The average Bonchev–Trinajstić information content (AvgIpc) is 2.61. The van der Waals surface area contributed by atoms with Crippen molar-refractivity contribution in [1.29, 1.82) is 0 Å². The highest BCUT2D eigenvalue weighted by atomic mass is 79.9. The largest absolute Gasteiger partial charge is 0.487 e. The van der Waals surface area contributed by atoms with E-state index in [-0.39, 0.29) is 11.9 Å². The Hall–Kier alpha value is -1.40. The summed E-state index contributed by atoms with van der Waals surface area (Å²) in [6.45, 7) is 4.04. The fourth-order valence-electron chi connectivity index (χ4n) is 1.99. The third-order valence-electron chi connectivity index (χ3n) is 3.09. The van der Waals surface area contributed by atoms with Gasteiger partial charge in [-0.2, -0.15) is 5.10 Å². The lowest BCUT2D eigenvalue weighted by Crippen LogP contribution is -2.10. The van der Waals surface area contributed by atoms with Crippen molar-refractivity contribution in [2.24, 2.45) is 12.8 Å². The van der Waals surface area contributed by atoms with Gasteiger partial charge in [-0.1, -0.05) is 6.07 Å². The molecule has 0 radical (unpaired) electrons. The van der Waals surface area contributed by atoms with Crippen LogP contribution in [0.25, 0.3) is 0 Å². The summed E-state index contributed by atoms with van der Waals surface area (Å²) in [6, 6.07) is 4.17. The Morgan fingerprint density at radius 2 is 2.20 bits per heavy atom. The van der Waals surface area contributed by atoms with Crippen LogP contribution in [0.3, 0.4) is 0 Å². The maximum Gasteiger partial charge on any atom is 0.131 e. The third-order valence-corrected chi connectivity index (χ3v) is 4.12. The average molecular weight is 342 g/mol. The van der Waals surface area contributed by atoms with E-state index < -0.39 is 0 Å². The van der Waals surface area contributed by atoms with Crippen LogP contribution in [0.1, 0.15) is 29.9 Å². The molecule has 0 spiro atoms. The van der Waals surface area contributed by atoms with Crippen LogP contribution in [0, 0.1) is 12.7 Å². The molecule has 108 valence electrons. The molecule has 2 aromatic rings. The van der Waals surface area contributed by atoms with Gasteiger partial charge in [0.05, 0.1) is 15.9 Å². The highest BCUT2D eigenvalue weighted by Crippen LogP contribution is 2.27. The molecule has 2 rings (SSSR count). The monoisotopic (exact) mass is 341 g/mol. The first kappa shape index (κ1) is 15.0. The maximum atomic E-state index is 13.4. The summed E-state index contributed by atoms with van der Waals surface area (Å²) in [4.78, 5) is 0. The van der Waals surface area contributed by atoms with Crippen LogP contribution in [0.2, 0.25) is 0 Å². The number of aromatic nitrogens is 2. The van der Waals surface area contributed by atoms with E-state index in [1.165, 1.54) is 12.1 Å². The Morgan fingerprint density at radius 3 is 2.75 bits per heavy atom. The maximum absolute atomic E-state index is 13.4. The number of aryl methyl sites for hydroxylation is 2. The standard InChI is InChI=1S/C14H17BrFN3O/c1-8(17)11-5-4-10(16)6-13(11)20-7-12-14(15)9(2)18-19(12)3/h4-6,8H,7,17H2,1-3H3/t8-/m1/s1. The van der Waals surface area contributed by atoms with Crippen LogP contribution in [0.5, 0.6) is 5.75 Å². The number of nitrogens with two attached hydrogens (primary N) is 1. The zero-order valence-corrected chi connectivity index (χ0v) is 13.2. The molecule has 0 bridgehead atoms. The molecule has 0 amide bonds. The molecule has 1 aromatic heterocycles. The van der Waals surface area contributed by atoms with Gasteiger partial charge in [0.2, 0.25) is 0 Å². The summed E-state index contributed by atoms with van der Waals surface area (Å²) in [5.41, 5.74) is 8.43. The molecule has 6 heteroatoms. The van der Waals surface area contributed by atoms with Crippen molar-refractivity contribution in [2.45, 2.75) is 26.5 Å². The van der Waals surface area contributed by atoms with Gasteiger partial charge < -0.3 is 10.5 Å². The molecule has 1 aromatic carbocycles. The number of nitrogens with zero attached hydrogens (tertiary/aromatic N) is 2. The fourth-order valence-corrected chi connectivity index (χ4v) is 2.44. The van der Waals surface area contributed by atoms with Gasteiger partial charge >= 0.3 is 0 Å². The first-order valence-electron chi connectivity index (χ1n) is 6.26. The SMILES string of the molecule is Cc1nn(C)c(COc2cc(F)ccc2[C@@H](C)N)c1Br. The number of ether oxygens (including phenoxy) is 1. The van der Waals surface area contributed by atoms with Crippen LogP contribution in [-0.2, 0) is 13.7 Å². The lowest BCUT2D eigenvalue weighted by Gasteiger charge is -2.14. The van der Waals surface area contributed by atoms with Gasteiger partial charge in [-0.05, 0) is 35.8 Å². The summed E-state index contributed by atoms with van der Waals surface area (Å²) in [5, 5.41) is 4.29. The topological polar surface area (TPSA) is 53.1 Å². The predicted octanol–water partition coefficient (Wildman–Crippen LogP) is 3.23. The highest BCUT2D eigenvalue weighted by Gasteiger charge is 2.14. The van der Waals surface area contributed by atoms with E-state index in [2.05, 4.69) is 21.0 Å². The van der Waals surface area contributed by atoms with Crippen LogP contribution >= 0.6 is 15.9 Å². The molecular weight excluding hydrogens is 325 g/mol. The van der Waals surface area contributed by atoms with E-state index >= 15 is 0 Å². The molecule has 2 N–H and O–H groups in total. The van der Waals surface area contributed by atoms with Crippen molar-refractivity contribution in [2.75, 3.05) is 0 Å². The Labute approximate surface area is 125 Å². The van der Waals surface area contributed by atoms with Crippen LogP contribution in [0.4, 0.5) is 4.39 Å². The lowest BCUT2D eigenvalue weighted by atomic mass is 10.1. The zero-order chi connectivity index (χ0) is 14.9. The summed E-state index contributed by atoms with van der Waals surface area (Å²) >= 11 is 3.47. The Balaban J connectivity index is 2.24. The van der Waals surface area contributed by atoms with Gasteiger partial charge in [-0.15, -0.1) is 0 Å². The molecule has 1 atom stereocenters. The molecule has 0 aliphatic heterocycles. The van der Waals surface area contributed by atoms with Crippen molar-refractivity contribution in [3.63, 3.8) is 0 Å². The van der Waals surface area contributed by atoms with Crippen molar-refractivity contribution in [1.82, 2.24) is 9.78 Å². The van der Waals surface area contributed by atoms with Crippen LogP contribution < -0.4 is 10.5 Å². The molecular formula is C14H17BrFN3O. The van der Waals surface area contributed by atoms with Gasteiger partial charge in [-0.3, -0.25) is 4.68 Å². The second kappa shape index (κ2) is 5.93. The molecule has 4 nitrogen and oxygen atoms in total. The quantitative estimate of drug-likeness (QED) is 0.928. The van der Waals surface area contributed by atoms with E-state index in [1.54, 1.807) is 10.7 Å². The number of benzene rings is 1. The smallest absolute Gasteiger partial charge is 0.131 e. The number of hydrogen-bond acceptors (Lipinski definition) is 3. The summed E-state index contributed by atoms with van der Waals surface area (Å²) in [7, 11) is 1.84. The molecule has 0 aliphatic rings. The molecule has 0 unspecified atom stereocenters. The van der Waals surface area contributed by atoms with Gasteiger partial charge in [-0.25, -0.2) is 4.39 Å². The summed E-state index contributed by atoms with van der Waals surface area (Å²) in [6.07, 6.45) is 0. The number of hydrogen-bond donors (Lipinski definition) is 1. The molecule has 0 saturated carbocycles. The van der Waals surface area contributed by atoms with Crippen molar-refractivity contribution in [3.05, 3.63) is 45.4 Å². The minimum atomic E-state index is -0.343. The van der Waals surface area contributed by atoms with E-state index in [9.17, 15) is 4.39 Å². The van der Waals surface area contributed by atoms with E-state index in [0.717, 1.165) is 21.4 Å². The second-order valence-corrected chi connectivity index (χ2v) is 5.52. The molecule has 1 heterocycles. The van der Waals surface area contributed by atoms with E-state index in [0.29, 0.717) is 12.4 Å². The predicted molar refractivity (Wildman–Crippen MR) is 79.0 cm³/mol. The minimum Gasteiger partial charge on any atom is -0.487 e. The number of halogens is 2. The van der Waals surface area contributed by atoms with Crippen LogP contribution in [-0.4, -0.2) is 9.78 Å². The van der Waals surface area contributed by atoms with Crippen LogP contribution in [0.15, 0.2) is 22.7 Å². The first-order chi connectivity index (χ1) is 9.40. The Morgan fingerprint density at radius 1 is 1.50 bits per heavy atom. The minimum absolute atomic E-state index is 0.220. The highest BCUT2D eigenvalue weighted by molar-refractivity contribution is 9.10. The van der Waals surface area contributed by atoms with Gasteiger partial charge in [0.1, 0.15) is 18.2 Å². The number of rotatable bonds is 4. The summed E-state index contributed by atoms with van der Waals surface area (Å²) in [5.74, 6) is 0.121. The van der Waals surface area contributed by atoms with Crippen molar-refractivity contribution in [3.8, 4) is 5.75 Å². The molecule has 0 aliphatic carbocycles. The van der Waals surface area contributed by atoms with E-state index in [4.69, 9.17) is 10.5 Å². The molecule has 20 heavy (non-hydrogen) atoms. The van der Waals surface area contributed by atoms with Gasteiger partial charge in [0.25, 0.3) is 0 Å².